The molecule has 0 aliphatic heterocycles. The Morgan fingerprint density at radius 1 is 0.879 bits per heavy atom. The molecule has 0 saturated heterocycles. The first-order valence-electron chi connectivity index (χ1n) is 9.70. The van der Waals surface area contributed by atoms with Crippen molar-refractivity contribution in [3.8, 4) is 22.8 Å². The van der Waals surface area contributed by atoms with Gasteiger partial charge in [0.05, 0.1) is 0 Å². The maximum absolute atomic E-state index is 12.9. The second-order valence-electron chi connectivity index (χ2n) is 6.52. The number of pyridine rings is 1. The maximum Gasteiger partial charge on any atom is 0.310 e. The predicted octanol–water partition coefficient (Wildman–Crippen LogP) is 9.50. The highest BCUT2D eigenvalue weighted by Crippen LogP contribution is 3.02. The Morgan fingerprint density at radius 3 is 1.91 bits per heavy atom. The van der Waals surface area contributed by atoms with Gasteiger partial charge in [0.15, 0.2) is 7.14 Å². The van der Waals surface area contributed by atoms with E-state index >= 15 is 0 Å². The number of benzene rings is 2. The lowest BCUT2D eigenvalue weighted by molar-refractivity contribution is 0.363. The number of hydrogen-bond acceptors (Lipinski definition) is 3. The van der Waals surface area contributed by atoms with Crippen molar-refractivity contribution in [3.05, 3.63) is 91.7 Å². The van der Waals surface area contributed by atoms with Gasteiger partial charge in [-0.25, -0.2) is 4.98 Å². The number of ether oxygens (including phenoxy) is 1. The highest BCUT2D eigenvalue weighted by Gasteiger charge is 2.65. The molecule has 0 radical (unpaired) electrons. The van der Waals surface area contributed by atoms with Crippen molar-refractivity contribution >= 4 is 22.7 Å². The third kappa shape index (κ3) is 6.33. The van der Waals surface area contributed by atoms with E-state index in [9.17, 15) is 24.0 Å². The average Bonchev–Trinajstić information content (AvgIpc) is 2.79. The standard InChI is InChI=1S/C21H17F5NO2PS.C2H6/c1-3-30(28,4-2)18-11-7-16(8-12-18)20-6-5-15-27-21(20)29-17-9-13-19(14-10-17)31(22,23,24,25)26;1-2/h3-15H,1-2H2;1-2H3. The summed E-state index contributed by atoms with van der Waals surface area (Å²) in [6.07, 6.45) is 1.42. The molecule has 3 rings (SSSR count). The Balaban J connectivity index is 0.00000187. The first kappa shape index (κ1) is 26.4. The Kier molecular flexibility index (Phi) is 7.03. The molecule has 3 nitrogen and oxygen atoms in total. The van der Waals surface area contributed by atoms with Crippen molar-refractivity contribution in [1.82, 2.24) is 4.98 Å². The van der Waals surface area contributed by atoms with Crippen LogP contribution in [0.15, 0.2) is 96.5 Å². The van der Waals surface area contributed by atoms with Gasteiger partial charge in [-0.15, -0.1) is 0 Å². The smallest absolute Gasteiger partial charge is 0.310 e. The minimum absolute atomic E-state index is 0.0611. The van der Waals surface area contributed by atoms with Crippen LogP contribution in [0.3, 0.4) is 0 Å². The van der Waals surface area contributed by atoms with Gasteiger partial charge in [-0.3, -0.25) is 0 Å². The van der Waals surface area contributed by atoms with Gasteiger partial charge in [-0.05, 0) is 53.6 Å². The second kappa shape index (κ2) is 8.80. The quantitative estimate of drug-likeness (QED) is 0.238. The van der Waals surface area contributed by atoms with Crippen LogP contribution in [0.5, 0.6) is 11.6 Å². The van der Waals surface area contributed by atoms with Crippen LogP contribution in [0.4, 0.5) is 19.4 Å². The van der Waals surface area contributed by atoms with Crippen LogP contribution in [0, 0.1) is 0 Å². The van der Waals surface area contributed by atoms with E-state index in [4.69, 9.17) is 4.74 Å². The van der Waals surface area contributed by atoms with E-state index in [2.05, 4.69) is 18.1 Å². The van der Waals surface area contributed by atoms with Gasteiger partial charge in [0, 0.05) is 17.1 Å². The average molecular weight is 503 g/mol. The summed E-state index contributed by atoms with van der Waals surface area (Å²) < 4.78 is 82.6. The molecule has 0 atom stereocenters. The lowest BCUT2D eigenvalue weighted by Crippen LogP contribution is -2.05. The number of rotatable bonds is 7. The SMILES string of the molecule is C=CP(=O)(C=C)c1ccc(-c2cccnc2Oc2ccc(S(F)(F)(F)(F)F)cc2)cc1.CC. The van der Waals surface area contributed by atoms with Crippen molar-refractivity contribution in [2.24, 2.45) is 0 Å². The number of halogens is 5. The Hall–Kier alpha value is -2.90. The molecule has 0 unspecified atom stereocenters. The van der Waals surface area contributed by atoms with Gasteiger partial charge in [0.2, 0.25) is 5.88 Å². The van der Waals surface area contributed by atoms with Gasteiger partial charge >= 0.3 is 10.2 Å². The zero-order chi connectivity index (χ0) is 25.0. The first-order valence-corrected chi connectivity index (χ1v) is 13.5. The lowest BCUT2D eigenvalue weighted by atomic mass is 10.1. The summed E-state index contributed by atoms with van der Waals surface area (Å²) in [7, 11) is -12.7. The molecule has 0 amide bonds. The summed E-state index contributed by atoms with van der Waals surface area (Å²) in [5.41, 5.74) is 1.13. The third-order valence-electron chi connectivity index (χ3n) is 4.38. The van der Waals surface area contributed by atoms with Crippen molar-refractivity contribution in [3.63, 3.8) is 0 Å². The second-order valence-corrected chi connectivity index (χ2v) is 11.6. The van der Waals surface area contributed by atoms with Crippen molar-refractivity contribution in [2.45, 2.75) is 18.7 Å². The van der Waals surface area contributed by atoms with Gasteiger partial charge in [0.1, 0.15) is 10.6 Å². The van der Waals surface area contributed by atoms with E-state index < -0.39 is 22.3 Å². The minimum Gasteiger partial charge on any atom is -0.438 e. The Labute approximate surface area is 189 Å². The van der Waals surface area contributed by atoms with E-state index in [0.29, 0.717) is 16.4 Å². The molecule has 10 heteroatoms. The van der Waals surface area contributed by atoms with E-state index in [1.54, 1.807) is 36.4 Å². The Morgan fingerprint density at radius 2 is 1.42 bits per heavy atom. The molecule has 0 fully saturated rings. The van der Waals surface area contributed by atoms with Crippen molar-refractivity contribution in [2.75, 3.05) is 0 Å². The van der Waals surface area contributed by atoms with Crippen molar-refractivity contribution < 1.29 is 28.7 Å². The highest BCUT2D eigenvalue weighted by molar-refractivity contribution is 8.45. The van der Waals surface area contributed by atoms with Crippen LogP contribution in [0.1, 0.15) is 13.8 Å². The third-order valence-corrected chi connectivity index (χ3v) is 7.73. The summed E-state index contributed by atoms with van der Waals surface area (Å²) in [5, 5.41) is 0.527. The topological polar surface area (TPSA) is 39.2 Å². The van der Waals surface area contributed by atoms with E-state index in [1.165, 1.54) is 17.8 Å². The van der Waals surface area contributed by atoms with E-state index in [0.717, 1.165) is 12.1 Å². The molecule has 1 heterocycles. The van der Waals surface area contributed by atoms with Crippen LogP contribution < -0.4 is 10.0 Å². The van der Waals surface area contributed by atoms with Crippen LogP contribution in [0.25, 0.3) is 11.1 Å². The molecule has 0 aliphatic carbocycles. The number of hydrogen-bond donors (Lipinski definition) is 0. The fourth-order valence-corrected chi connectivity index (χ4v) is 4.56. The molecular weight excluding hydrogens is 480 g/mol. The maximum atomic E-state index is 12.9. The molecule has 0 spiro atoms. The molecule has 0 saturated carbocycles. The number of aromatic nitrogens is 1. The summed E-state index contributed by atoms with van der Waals surface area (Å²) in [6, 6.07) is 12.1. The molecule has 178 valence electrons. The molecule has 0 bridgehead atoms. The molecular formula is C23H23F5NO2PS. The molecule has 1 aromatic heterocycles. The zero-order valence-corrected chi connectivity index (χ0v) is 19.6. The largest absolute Gasteiger partial charge is 0.438 e. The predicted molar refractivity (Wildman–Crippen MR) is 127 cm³/mol. The fourth-order valence-electron chi connectivity index (χ4n) is 2.73. The molecule has 33 heavy (non-hydrogen) atoms. The summed E-state index contributed by atoms with van der Waals surface area (Å²) >= 11 is 0. The van der Waals surface area contributed by atoms with Gasteiger partial charge in [0.25, 0.3) is 0 Å². The highest BCUT2D eigenvalue weighted by atomic mass is 32.5. The van der Waals surface area contributed by atoms with Crippen LogP contribution in [-0.4, -0.2) is 4.98 Å². The minimum atomic E-state index is -9.76. The summed E-state index contributed by atoms with van der Waals surface area (Å²) in [4.78, 5) is 2.08. The first-order chi connectivity index (χ1) is 15.3. The Bertz CT molecular complexity index is 1180. The van der Waals surface area contributed by atoms with Crippen LogP contribution in [-0.2, 0) is 4.57 Å². The van der Waals surface area contributed by atoms with Gasteiger partial charge < -0.3 is 9.30 Å². The van der Waals surface area contributed by atoms with Crippen LogP contribution in [0.2, 0.25) is 0 Å². The normalized spacial score (nSPS) is 13.5. The summed E-state index contributed by atoms with van der Waals surface area (Å²) in [6.45, 7) is 11.1. The fraction of sp³-hybridized carbons (Fsp3) is 0.0870. The van der Waals surface area contributed by atoms with E-state index in [-0.39, 0.29) is 23.8 Å². The number of nitrogens with zero attached hydrogens (tertiary/aromatic N) is 1. The van der Waals surface area contributed by atoms with E-state index in [1.807, 2.05) is 13.8 Å². The molecule has 3 aromatic rings. The van der Waals surface area contributed by atoms with Crippen LogP contribution >= 0.6 is 17.4 Å². The molecule has 0 N–H and O–H groups in total. The van der Waals surface area contributed by atoms with Gasteiger partial charge in [-0.2, -0.15) is 0 Å². The van der Waals surface area contributed by atoms with Crippen molar-refractivity contribution in [1.29, 1.82) is 0 Å². The summed E-state index contributed by atoms with van der Waals surface area (Å²) in [5.74, 6) is 2.64. The molecule has 0 aliphatic rings. The zero-order valence-electron chi connectivity index (χ0n) is 17.9. The van der Waals surface area contributed by atoms with Gasteiger partial charge in [-0.1, -0.05) is 70.7 Å². The lowest BCUT2D eigenvalue weighted by Gasteiger charge is -2.40. The molecule has 2 aromatic carbocycles. The monoisotopic (exact) mass is 503 g/mol.